The van der Waals surface area contributed by atoms with Gasteiger partial charge in [-0.15, -0.1) is 0 Å². The summed E-state index contributed by atoms with van der Waals surface area (Å²) in [5.41, 5.74) is 0. The van der Waals surface area contributed by atoms with Crippen LogP contribution in [0, 0.1) is 26.4 Å². The minimum Gasteiger partial charge on any atom is -0.224 e. The molecule has 0 aromatic rings. The van der Waals surface area contributed by atoms with Crippen LogP contribution >= 0.6 is 23.5 Å². The first-order chi connectivity index (χ1) is 3.41. The summed E-state index contributed by atoms with van der Waals surface area (Å²) >= 11 is 1.91. The molecular weight excluding hydrogens is 135 g/mol. The maximum atomic E-state index is 7.85. The Labute approximate surface area is 68.8 Å². The second kappa shape index (κ2) is 10.3. The normalized spacial score (nSPS) is 5.75. The fraction of sp³-hybridized carbons (Fsp3) is 0. The van der Waals surface area contributed by atoms with E-state index in [1.165, 1.54) is 5.08 Å². The first-order valence-corrected chi connectivity index (χ1v) is 3.09. The Hall–Kier alpha value is 0.277. The van der Waals surface area contributed by atoms with Crippen LogP contribution in [0.5, 0.6) is 0 Å². The average Bonchev–Trinajstić information content (AvgIpc) is 1.69. The molecule has 5 heteroatoms. The van der Waals surface area contributed by atoms with Gasteiger partial charge in [0.1, 0.15) is 0 Å². The quantitative estimate of drug-likeness (QED) is 0.201. The van der Waals surface area contributed by atoms with Crippen molar-refractivity contribution < 1.29 is 18.9 Å². The first kappa shape index (κ1) is 11.1. The van der Waals surface area contributed by atoms with E-state index >= 15 is 0 Å². The summed E-state index contributed by atoms with van der Waals surface area (Å²) < 4.78 is 0. The summed E-state index contributed by atoms with van der Waals surface area (Å²) in [6.45, 7) is 0. The van der Waals surface area contributed by atoms with Crippen LogP contribution in [0.2, 0.25) is 0 Å². The van der Waals surface area contributed by atoms with Crippen molar-refractivity contribution in [3.05, 3.63) is 5.08 Å². The van der Waals surface area contributed by atoms with Gasteiger partial charge in [-0.2, -0.15) is 15.6 Å². The Kier molecular flexibility index (Phi) is 14.3. The Bertz CT molecular complexity index is 99.4. The molecule has 8 heavy (non-hydrogen) atoms. The zero-order valence-corrected chi connectivity index (χ0v) is 5.92. The van der Waals surface area contributed by atoms with Crippen molar-refractivity contribution in [1.82, 2.24) is 0 Å². The summed E-state index contributed by atoms with van der Waals surface area (Å²) in [6, 6.07) is 0. The third kappa shape index (κ3) is 9.56. The number of hydrogen-bond donors (Lipinski definition) is 0. The van der Waals surface area contributed by atoms with E-state index in [-0.39, 0.29) is 18.9 Å². The summed E-state index contributed by atoms with van der Waals surface area (Å²) in [7, 11) is 0. The number of rotatable bonds is 2. The number of thiocyanates is 2. The van der Waals surface area contributed by atoms with Gasteiger partial charge in [0.25, 0.3) is 0 Å². The van der Waals surface area contributed by atoms with Crippen LogP contribution in [0.3, 0.4) is 0 Å². The largest absolute Gasteiger partial charge is 1.00 e. The monoisotopic (exact) mass is 136 g/mol. The molecule has 0 aliphatic carbocycles. The minimum absolute atomic E-state index is 0. The number of nitriles is 2. The molecule has 0 bridgehead atoms. The third-order valence-electron chi connectivity index (χ3n) is 0.202. The molecule has 0 saturated carbocycles. The van der Waals surface area contributed by atoms with Gasteiger partial charge in [0.15, 0.2) is 0 Å². The van der Waals surface area contributed by atoms with Crippen LogP contribution in [0.4, 0.5) is 0 Å². The number of hydrogen-bond acceptors (Lipinski definition) is 4. The molecule has 0 aromatic carbocycles. The molecule has 0 amide bonds. The Morgan fingerprint density at radius 1 is 1.12 bits per heavy atom. The molecule has 0 saturated heterocycles. The van der Waals surface area contributed by atoms with Gasteiger partial charge in [0.2, 0.25) is 0 Å². The summed E-state index contributed by atoms with van der Waals surface area (Å²) in [6.07, 6.45) is 0. The van der Waals surface area contributed by atoms with Crippen molar-refractivity contribution in [2.75, 3.05) is 0 Å². The van der Waals surface area contributed by atoms with Crippen molar-refractivity contribution in [2.24, 2.45) is 0 Å². The average molecular weight is 136 g/mol. The predicted octanol–water partition coefficient (Wildman–Crippen LogP) is -1.46. The van der Waals surface area contributed by atoms with Gasteiger partial charge in [-0.05, 0) is 0 Å². The molecule has 0 fully saturated rings. The van der Waals surface area contributed by atoms with Crippen molar-refractivity contribution in [2.45, 2.75) is 0 Å². The van der Waals surface area contributed by atoms with Crippen LogP contribution < -0.4 is 18.9 Å². The third-order valence-corrected chi connectivity index (χ3v) is 1.18. The molecule has 0 spiro atoms. The number of nitrogens with zero attached hydrogens (tertiary/aromatic N) is 2. The van der Waals surface area contributed by atoms with Crippen LogP contribution in [0.1, 0.15) is 0 Å². The molecule has 0 atom stereocenters. The molecule has 0 N–H and O–H groups in total. The smallest absolute Gasteiger partial charge is 0.224 e. The van der Waals surface area contributed by atoms with E-state index in [1.54, 1.807) is 10.8 Å². The van der Waals surface area contributed by atoms with E-state index in [4.69, 9.17) is 10.5 Å². The van der Waals surface area contributed by atoms with Gasteiger partial charge in [-0.25, -0.2) is 23.5 Å². The molecule has 0 heterocycles. The zero-order chi connectivity index (χ0) is 5.54. The van der Waals surface area contributed by atoms with Crippen molar-refractivity contribution in [3.63, 3.8) is 0 Å². The van der Waals surface area contributed by atoms with Gasteiger partial charge in [-0.1, -0.05) is 0 Å². The molecule has 2 nitrogen and oxygen atoms in total. The molecular formula is C3HLiN2S2. The van der Waals surface area contributed by atoms with E-state index in [0.29, 0.717) is 0 Å². The standard InChI is InChI=1S/C3HN2S2.Li/c4-1-6-3-7-2-5;/h3H;/q-1;+1. The van der Waals surface area contributed by atoms with E-state index in [9.17, 15) is 0 Å². The van der Waals surface area contributed by atoms with E-state index in [0.717, 1.165) is 23.5 Å². The maximum Gasteiger partial charge on any atom is 1.00 e. The second-order valence-corrected chi connectivity index (χ2v) is 2.12. The SMILES string of the molecule is N#CS[CH-]SC#N.[Li+]. The predicted molar refractivity (Wildman–Crippen MR) is 30.7 cm³/mol. The van der Waals surface area contributed by atoms with Gasteiger partial charge < -0.3 is 0 Å². The first-order valence-electron chi connectivity index (χ1n) is 1.33. The Morgan fingerprint density at radius 3 is 1.75 bits per heavy atom. The van der Waals surface area contributed by atoms with Crippen molar-refractivity contribution in [3.8, 4) is 10.8 Å². The van der Waals surface area contributed by atoms with E-state index in [1.807, 2.05) is 0 Å². The van der Waals surface area contributed by atoms with Crippen molar-refractivity contribution >= 4 is 23.5 Å². The molecule has 0 aromatic heterocycles. The van der Waals surface area contributed by atoms with E-state index < -0.39 is 0 Å². The van der Waals surface area contributed by atoms with Gasteiger partial charge in [0, 0.05) is 0 Å². The van der Waals surface area contributed by atoms with Crippen molar-refractivity contribution in [1.29, 1.82) is 10.5 Å². The fourth-order valence-electron chi connectivity index (χ4n) is 0.0671. The maximum absolute atomic E-state index is 7.85. The molecule has 0 unspecified atom stereocenters. The molecule has 0 rings (SSSR count). The van der Waals surface area contributed by atoms with Crippen LogP contribution in [-0.4, -0.2) is 0 Å². The van der Waals surface area contributed by atoms with Gasteiger partial charge in [0.05, 0.1) is 10.8 Å². The second-order valence-electron chi connectivity index (χ2n) is 0.515. The van der Waals surface area contributed by atoms with E-state index in [2.05, 4.69) is 0 Å². The van der Waals surface area contributed by atoms with Crippen LogP contribution in [0.15, 0.2) is 0 Å². The summed E-state index contributed by atoms with van der Waals surface area (Å²) in [5, 5.41) is 20.8. The molecule has 36 valence electrons. The van der Waals surface area contributed by atoms with Gasteiger partial charge >= 0.3 is 18.9 Å². The zero-order valence-electron chi connectivity index (χ0n) is 4.29. The van der Waals surface area contributed by atoms with Crippen LogP contribution in [0.25, 0.3) is 0 Å². The van der Waals surface area contributed by atoms with Crippen LogP contribution in [-0.2, 0) is 0 Å². The molecule has 0 radical (unpaired) electrons. The molecule has 0 aliphatic heterocycles. The minimum atomic E-state index is 0. The Balaban J connectivity index is 0. The summed E-state index contributed by atoms with van der Waals surface area (Å²) in [5.74, 6) is 0. The number of thioether (sulfide) groups is 2. The van der Waals surface area contributed by atoms with Gasteiger partial charge in [-0.3, -0.25) is 0 Å². The molecule has 0 aliphatic rings. The fourth-order valence-corrected chi connectivity index (χ4v) is 0.604. The Morgan fingerprint density at radius 2 is 1.50 bits per heavy atom. The topological polar surface area (TPSA) is 47.6 Å². The summed E-state index contributed by atoms with van der Waals surface area (Å²) in [4.78, 5) is 0.